The van der Waals surface area contributed by atoms with Gasteiger partial charge in [0.15, 0.2) is 0 Å². The second-order valence-electron chi connectivity index (χ2n) is 4.29. The van der Waals surface area contributed by atoms with E-state index in [4.69, 9.17) is 0 Å². The van der Waals surface area contributed by atoms with Gasteiger partial charge in [-0.15, -0.1) is 11.3 Å². The second-order valence-corrected chi connectivity index (χ2v) is 5.61. The predicted molar refractivity (Wildman–Crippen MR) is 64.2 cm³/mol. The van der Waals surface area contributed by atoms with Gasteiger partial charge in [-0.1, -0.05) is 0 Å². The zero-order chi connectivity index (χ0) is 10.7. The average Bonchev–Trinajstić information content (AvgIpc) is 2.78. The zero-order valence-corrected chi connectivity index (χ0v) is 10.3. The van der Waals surface area contributed by atoms with Crippen LogP contribution in [0.15, 0.2) is 6.20 Å². The number of hydrogen-bond donors (Lipinski definition) is 1. The van der Waals surface area contributed by atoms with Crippen LogP contribution in [0.3, 0.4) is 0 Å². The van der Waals surface area contributed by atoms with Gasteiger partial charge in [0.25, 0.3) is 0 Å². The van der Waals surface area contributed by atoms with Crippen molar-refractivity contribution in [1.82, 2.24) is 15.2 Å². The van der Waals surface area contributed by atoms with Crippen LogP contribution in [0.4, 0.5) is 0 Å². The molecule has 0 saturated carbocycles. The summed E-state index contributed by atoms with van der Waals surface area (Å²) in [6, 6.07) is 0. The van der Waals surface area contributed by atoms with Gasteiger partial charge in [0.05, 0.1) is 5.01 Å². The van der Waals surface area contributed by atoms with Gasteiger partial charge >= 0.3 is 0 Å². The summed E-state index contributed by atoms with van der Waals surface area (Å²) in [5.74, 6) is 0.837. The fourth-order valence-corrected chi connectivity index (χ4v) is 3.05. The highest BCUT2D eigenvalue weighted by molar-refractivity contribution is 7.11. The van der Waals surface area contributed by atoms with Crippen molar-refractivity contribution in [2.24, 2.45) is 5.92 Å². The summed E-state index contributed by atoms with van der Waals surface area (Å²) in [7, 11) is 2.04. The van der Waals surface area contributed by atoms with Crippen molar-refractivity contribution in [1.29, 1.82) is 0 Å². The second kappa shape index (κ2) is 5.05. The lowest BCUT2D eigenvalue weighted by atomic mass is 10.1. The summed E-state index contributed by atoms with van der Waals surface area (Å²) < 4.78 is 0. The van der Waals surface area contributed by atoms with E-state index in [2.05, 4.69) is 22.1 Å². The first kappa shape index (κ1) is 11.0. The van der Waals surface area contributed by atoms with E-state index in [0.717, 1.165) is 19.0 Å². The summed E-state index contributed by atoms with van der Waals surface area (Å²) in [6.45, 7) is 6.78. The number of hydrogen-bond acceptors (Lipinski definition) is 4. The molecule has 0 aromatic carbocycles. The maximum absolute atomic E-state index is 4.29. The smallest absolute Gasteiger partial charge is 0.0897 e. The molecule has 0 bridgehead atoms. The minimum Gasteiger partial charge on any atom is -0.319 e. The third-order valence-corrected chi connectivity index (χ3v) is 3.81. The van der Waals surface area contributed by atoms with E-state index in [1.54, 1.807) is 0 Å². The van der Waals surface area contributed by atoms with Gasteiger partial charge in [0, 0.05) is 24.2 Å². The van der Waals surface area contributed by atoms with Gasteiger partial charge in [-0.25, -0.2) is 4.98 Å². The van der Waals surface area contributed by atoms with Gasteiger partial charge < -0.3 is 5.32 Å². The maximum atomic E-state index is 4.29. The summed E-state index contributed by atoms with van der Waals surface area (Å²) in [5, 5.41) is 4.44. The Kier molecular flexibility index (Phi) is 3.72. The van der Waals surface area contributed by atoms with Crippen LogP contribution in [0.5, 0.6) is 0 Å². The molecule has 1 saturated heterocycles. The molecule has 15 heavy (non-hydrogen) atoms. The number of thiazole rings is 1. The van der Waals surface area contributed by atoms with Crippen molar-refractivity contribution in [3.05, 3.63) is 16.1 Å². The molecule has 4 heteroatoms. The topological polar surface area (TPSA) is 28.2 Å². The molecule has 1 aromatic heterocycles. The molecule has 1 aromatic rings. The molecule has 1 aliphatic heterocycles. The molecule has 0 spiro atoms. The average molecular weight is 225 g/mol. The molecule has 1 fully saturated rings. The standard InChI is InChI=1S/C11H19N3S/c1-9-13-6-11(15-9)8-14-4-3-10(7-14)5-12-2/h6,10,12H,3-5,7-8H2,1-2H3. The van der Waals surface area contributed by atoms with Crippen LogP contribution in [0, 0.1) is 12.8 Å². The summed E-state index contributed by atoms with van der Waals surface area (Å²) >= 11 is 1.82. The molecule has 2 heterocycles. The quantitative estimate of drug-likeness (QED) is 0.841. The fourth-order valence-electron chi connectivity index (χ4n) is 2.21. The Bertz CT molecular complexity index is 311. The summed E-state index contributed by atoms with van der Waals surface area (Å²) in [5.41, 5.74) is 0. The molecule has 1 unspecified atom stereocenters. The van der Waals surface area contributed by atoms with Crippen LogP contribution in [0.2, 0.25) is 0 Å². The molecule has 1 aliphatic rings. The van der Waals surface area contributed by atoms with Crippen LogP contribution in [0.25, 0.3) is 0 Å². The van der Waals surface area contributed by atoms with Gasteiger partial charge in [0.2, 0.25) is 0 Å². The highest BCUT2D eigenvalue weighted by Crippen LogP contribution is 2.20. The van der Waals surface area contributed by atoms with Crippen molar-refractivity contribution < 1.29 is 0 Å². The molecule has 3 nitrogen and oxygen atoms in total. The molecule has 0 radical (unpaired) electrons. The van der Waals surface area contributed by atoms with Crippen molar-refractivity contribution in [2.75, 3.05) is 26.7 Å². The summed E-state index contributed by atoms with van der Waals surface area (Å²) in [4.78, 5) is 8.23. The predicted octanol–water partition coefficient (Wildman–Crippen LogP) is 1.49. The van der Waals surface area contributed by atoms with Crippen molar-refractivity contribution in [3.63, 3.8) is 0 Å². The maximum Gasteiger partial charge on any atom is 0.0897 e. The molecule has 84 valence electrons. The number of aromatic nitrogens is 1. The van der Waals surface area contributed by atoms with Crippen molar-refractivity contribution in [3.8, 4) is 0 Å². The van der Waals surface area contributed by atoms with Gasteiger partial charge in [-0.2, -0.15) is 0 Å². The van der Waals surface area contributed by atoms with E-state index in [1.807, 2.05) is 24.6 Å². The van der Waals surface area contributed by atoms with E-state index in [-0.39, 0.29) is 0 Å². The molecule has 1 atom stereocenters. The lowest BCUT2D eigenvalue weighted by Crippen LogP contribution is -2.24. The lowest BCUT2D eigenvalue weighted by Gasteiger charge is -2.14. The van der Waals surface area contributed by atoms with Crippen LogP contribution in [-0.4, -0.2) is 36.6 Å². The van der Waals surface area contributed by atoms with E-state index in [9.17, 15) is 0 Å². The van der Waals surface area contributed by atoms with Crippen LogP contribution in [-0.2, 0) is 6.54 Å². The molecule has 0 amide bonds. The Morgan fingerprint density at radius 2 is 2.53 bits per heavy atom. The normalized spacial score (nSPS) is 22.4. The van der Waals surface area contributed by atoms with Crippen LogP contribution < -0.4 is 5.32 Å². The largest absolute Gasteiger partial charge is 0.319 e. The van der Waals surface area contributed by atoms with Crippen molar-refractivity contribution >= 4 is 11.3 Å². The van der Waals surface area contributed by atoms with Crippen LogP contribution >= 0.6 is 11.3 Å². The molecule has 0 aliphatic carbocycles. The first-order chi connectivity index (χ1) is 7.28. The molecular formula is C11H19N3S. The van der Waals surface area contributed by atoms with Gasteiger partial charge in [-0.05, 0) is 39.4 Å². The number of nitrogens with zero attached hydrogens (tertiary/aromatic N) is 2. The van der Waals surface area contributed by atoms with E-state index in [1.165, 1.54) is 29.4 Å². The van der Waals surface area contributed by atoms with E-state index < -0.39 is 0 Å². The monoisotopic (exact) mass is 225 g/mol. The molecular weight excluding hydrogens is 206 g/mol. The molecule has 2 rings (SSSR count). The highest BCUT2D eigenvalue weighted by Gasteiger charge is 2.21. The van der Waals surface area contributed by atoms with Crippen LogP contribution in [0.1, 0.15) is 16.3 Å². The number of likely N-dealkylation sites (tertiary alicyclic amines) is 1. The van der Waals surface area contributed by atoms with Crippen molar-refractivity contribution in [2.45, 2.75) is 19.9 Å². The Labute approximate surface area is 95.5 Å². The Balaban J connectivity index is 1.82. The van der Waals surface area contributed by atoms with E-state index in [0.29, 0.717) is 0 Å². The number of rotatable bonds is 4. The van der Waals surface area contributed by atoms with E-state index >= 15 is 0 Å². The third-order valence-electron chi connectivity index (χ3n) is 2.91. The minimum absolute atomic E-state index is 0.837. The third kappa shape index (κ3) is 3.00. The first-order valence-electron chi connectivity index (χ1n) is 5.56. The SMILES string of the molecule is CNCC1CCN(Cc2cnc(C)s2)C1. The Hall–Kier alpha value is -0.450. The number of aryl methyl sites for hydroxylation is 1. The highest BCUT2D eigenvalue weighted by atomic mass is 32.1. The Morgan fingerprint density at radius 1 is 1.67 bits per heavy atom. The summed E-state index contributed by atoms with van der Waals surface area (Å²) in [6.07, 6.45) is 3.35. The first-order valence-corrected chi connectivity index (χ1v) is 6.38. The lowest BCUT2D eigenvalue weighted by molar-refractivity contribution is 0.318. The zero-order valence-electron chi connectivity index (χ0n) is 9.49. The Morgan fingerprint density at radius 3 is 3.20 bits per heavy atom. The molecule has 1 N–H and O–H groups in total. The minimum atomic E-state index is 0.837. The van der Waals surface area contributed by atoms with Gasteiger partial charge in [-0.3, -0.25) is 4.90 Å². The van der Waals surface area contributed by atoms with Gasteiger partial charge in [0.1, 0.15) is 0 Å². The number of nitrogens with one attached hydrogen (secondary N) is 1. The fraction of sp³-hybridized carbons (Fsp3) is 0.727.